The SMILES string of the molecule is C[C@@H]1CN(CC(=O)Nc2ccc(NC(=O)c3cccs3)cc2)[C@@H](C)CO1. The van der Waals surface area contributed by atoms with Gasteiger partial charge in [-0.2, -0.15) is 0 Å². The first-order valence-electron chi connectivity index (χ1n) is 8.61. The van der Waals surface area contributed by atoms with Gasteiger partial charge >= 0.3 is 0 Å². The quantitative estimate of drug-likeness (QED) is 0.845. The Morgan fingerprint density at radius 1 is 1.15 bits per heavy atom. The van der Waals surface area contributed by atoms with Gasteiger partial charge in [0.25, 0.3) is 5.91 Å². The molecule has 2 heterocycles. The minimum absolute atomic E-state index is 0.0543. The smallest absolute Gasteiger partial charge is 0.265 e. The van der Waals surface area contributed by atoms with Crippen molar-refractivity contribution in [2.75, 3.05) is 30.3 Å². The maximum Gasteiger partial charge on any atom is 0.265 e. The minimum Gasteiger partial charge on any atom is -0.376 e. The Hall–Kier alpha value is -2.22. The highest BCUT2D eigenvalue weighted by Crippen LogP contribution is 2.17. The molecular formula is C19H23N3O3S. The molecule has 2 amide bonds. The molecule has 0 bridgehead atoms. The molecule has 1 aromatic carbocycles. The van der Waals surface area contributed by atoms with E-state index in [-0.39, 0.29) is 24.0 Å². The molecule has 3 rings (SSSR count). The standard InChI is InChI=1S/C19H23N3O3S/c1-13-12-25-14(2)10-22(13)11-18(23)20-15-5-7-16(8-6-15)21-19(24)17-4-3-9-26-17/h3-9,13-14H,10-12H2,1-2H3,(H,20,23)(H,21,24)/t13-,14+/m0/s1. The molecule has 1 fully saturated rings. The van der Waals surface area contributed by atoms with E-state index in [0.717, 1.165) is 6.54 Å². The number of thiophene rings is 1. The summed E-state index contributed by atoms with van der Waals surface area (Å²) < 4.78 is 5.58. The highest BCUT2D eigenvalue weighted by atomic mass is 32.1. The van der Waals surface area contributed by atoms with Crippen LogP contribution in [0.3, 0.4) is 0 Å². The minimum atomic E-state index is -0.132. The van der Waals surface area contributed by atoms with Gasteiger partial charge in [-0.05, 0) is 49.6 Å². The molecule has 1 saturated heterocycles. The van der Waals surface area contributed by atoms with Gasteiger partial charge < -0.3 is 15.4 Å². The van der Waals surface area contributed by atoms with Crippen molar-refractivity contribution < 1.29 is 14.3 Å². The van der Waals surface area contributed by atoms with Gasteiger partial charge in [0.15, 0.2) is 0 Å². The van der Waals surface area contributed by atoms with Crippen LogP contribution >= 0.6 is 11.3 Å². The third-order valence-corrected chi connectivity index (χ3v) is 5.12. The number of nitrogens with one attached hydrogen (secondary N) is 2. The number of carbonyl (C=O) groups excluding carboxylic acids is 2. The predicted molar refractivity (Wildman–Crippen MR) is 104 cm³/mol. The van der Waals surface area contributed by atoms with Crippen LogP contribution in [0.4, 0.5) is 11.4 Å². The number of nitrogens with zero attached hydrogens (tertiary/aromatic N) is 1. The van der Waals surface area contributed by atoms with Crippen LogP contribution in [0.15, 0.2) is 41.8 Å². The Balaban J connectivity index is 1.52. The topological polar surface area (TPSA) is 70.7 Å². The van der Waals surface area contributed by atoms with Crippen LogP contribution in [-0.2, 0) is 9.53 Å². The Morgan fingerprint density at radius 2 is 1.85 bits per heavy atom. The molecule has 26 heavy (non-hydrogen) atoms. The number of anilines is 2. The van der Waals surface area contributed by atoms with E-state index < -0.39 is 0 Å². The van der Waals surface area contributed by atoms with Gasteiger partial charge in [0, 0.05) is 24.0 Å². The average molecular weight is 373 g/mol. The van der Waals surface area contributed by atoms with Gasteiger partial charge in [0.1, 0.15) is 0 Å². The molecule has 138 valence electrons. The van der Waals surface area contributed by atoms with Gasteiger partial charge in [0.05, 0.1) is 24.1 Å². The number of hydrogen-bond acceptors (Lipinski definition) is 5. The Labute approximate surface area is 157 Å². The fourth-order valence-corrected chi connectivity index (χ4v) is 3.43. The lowest BCUT2D eigenvalue weighted by Gasteiger charge is -2.36. The van der Waals surface area contributed by atoms with Crippen molar-refractivity contribution in [2.24, 2.45) is 0 Å². The zero-order valence-corrected chi connectivity index (χ0v) is 15.7. The van der Waals surface area contributed by atoms with Crippen LogP contribution in [0, 0.1) is 0 Å². The van der Waals surface area contributed by atoms with E-state index in [1.54, 1.807) is 30.3 Å². The van der Waals surface area contributed by atoms with Gasteiger partial charge in [-0.15, -0.1) is 11.3 Å². The fraction of sp³-hybridized carbons (Fsp3) is 0.368. The average Bonchev–Trinajstić information content (AvgIpc) is 3.14. The van der Waals surface area contributed by atoms with Crippen LogP contribution in [-0.4, -0.2) is 48.6 Å². The molecular weight excluding hydrogens is 350 g/mol. The second-order valence-corrected chi connectivity index (χ2v) is 7.43. The number of rotatable bonds is 5. The highest BCUT2D eigenvalue weighted by Gasteiger charge is 2.25. The monoisotopic (exact) mass is 373 g/mol. The summed E-state index contributed by atoms with van der Waals surface area (Å²) in [6.45, 7) is 5.81. The lowest BCUT2D eigenvalue weighted by molar-refractivity contribution is -0.121. The van der Waals surface area contributed by atoms with Gasteiger partial charge in [-0.3, -0.25) is 14.5 Å². The van der Waals surface area contributed by atoms with Gasteiger partial charge in [-0.1, -0.05) is 6.07 Å². The van der Waals surface area contributed by atoms with Crippen LogP contribution in [0.5, 0.6) is 0 Å². The molecule has 0 saturated carbocycles. The zero-order valence-electron chi connectivity index (χ0n) is 14.9. The number of ether oxygens (including phenoxy) is 1. The molecule has 0 spiro atoms. The highest BCUT2D eigenvalue weighted by molar-refractivity contribution is 7.12. The first-order chi connectivity index (χ1) is 12.5. The van der Waals surface area contributed by atoms with Crippen LogP contribution in [0.1, 0.15) is 23.5 Å². The summed E-state index contributed by atoms with van der Waals surface area (Å²) in [5.41, 5.74) is 1.40. The summed E-state index contributed by atoms with van der Waals surface area (Å²) >= 11 is 1.40. The molecule has 1 aliphatic heterocycles. The zero-order chi connectivity index (χ0) is 18.5. The molecule has 2 aromatic rings. The third kappa shape index (κ3) is 4.91. The molecule has 7 heteroatoms. The number of morpholine rings is 1. The summed E-state index contributed by atoms with van der Waals surface area (Å²) in [5.74, 6) is -0.187. The van der Waals surface area contributed by atoms with E-state index in [1.807, 2.05) is 18.4 Å². The molecule has 2 atom stereocenters. The lowest BCUT2D eigenvalue weighted by atomic mass is 10.2. The molecule has 0 radical (unpaired) electrons. The molecule has 0 aliphatic carbocycles. The Bertz CT molecular complexity index is 746. The molecule has 6 nitrogen and oxygen atoms in total. The van der Waals surface area contributed by atoms with E-state index in [4.69, 9.17) is 4.74 Å². The number of amides is 2. The molecule has 2 N–H and O–H groups in total. The van der Waals surface area contributed by atoms with Crippen LogP contribution < -0.4 is 10.6 Å². The van der Waals surface area contributed by atoms with Crippen molar-refractivity contribution in [2.45, 2.75) is 26.0 Å². The first-order valence-corrected chi connectivity index (χ1v) is 9.49. The van der Waals surface area contributed by atoms with E-state index in [1.165, 1.54) is 11.3 Å². The summed E-state index contributed by atoms with van der Waals surface area (Å²) in [5, 5.41) is 7.60. The summed E-state index contributed by atoms with van der Waals surface area (Å²) in [6, 6.07) is 11.0. The maximum absolute atomic E-state index is 12.3. The van der Waals surface area contributed by atoms with Gasteiger partial charge in [-0.25, -0.2) is 0 Å². The maximum atomic E-state index is 12.3. The van der Waals surface area contributed by atoms with E-state index in [2.05, 4.69) is 22.5 Å². The number of carbonyl (C=O) groups is 2. The van der Waals surface area contributed by atoms with E-state index in [9.17, 15) is 9.59 Å². The first kappa shape index (κ1) is 18.6. The predicted octanol–water partition coefficient (Wildman–Crippen LogP) is 3.05. The summed E-state index contributed by atoms with van der Waals surface area (Å²) in [7, 11) is 0. The largest absolute Gasteiger partial charge is 0.376 e. The summed E-state index contributed by atoms with van der Waals surface area (Å²) in [6.07, 6.45) is 0.144. The van der Waals surface area contributed by atoms with Crippen molar-refractivity contribution in [3.05, 3.63) is 46.7 Å². The Kier molecular flexibility index (Phi) is 6.03. The van der Waals surface area contributed by atoms with Crippen molar-refractivity contribution in [1.29, 1.82) is 0 Å². The van der Waals surface area contributed by atoms with Crippen molar-refractivity contribution in [3.63, 3.8) is 0 Å². The second-order valence-electron chi connectivity index (χ2n) is 6.48. The van der Waals surface area contributed by atoms with E-state index >= 15 is 0 Å². The second kappa shape index (κ2) is 8.44. The summed E-state index contributed by atoms with van der Waals surface area (Å²) in [4.78, 5) is 27.1. The van der Waals surface area contributed by atoms with Crippen LogP contribution in [0.2, 0.25) is 0 Å². The van der Waals surface area contributed by atoms with Crippen molar-refractivity contribution in [3.8, 4) is 0 Å². The molecule has 1 aliphatic rings. The molecule has 1 aromatic heterocycles. The number of benzene rings is 1. The van der Waals surface area contributed by atoms with E-state index in [0.29, 0.717) is 29.4 Å². The molecule has 0 unspecified atom stereocenters. The normalized spacial score (nSPS) is 20.5. The lowest BCUT2D eigenvalue weighted by Crippen LogP contribution is -2.50. The van der Waals surface area contributed by atoms with Gasteiger partial charge in [0.2, 0.25) is 5.91 Å². The Morgan fingerprint density at radius 3 is 2.50 bits per heavy atom. The number of hydrogen-bond donors (Lipinski definition) is 2. The third-order valence-electron chi connectivity index (χ3n) is 4.26. The van der Waals surface area contributed by atoms with Crippen molar-refractivity contribution >= 4 is 34.5 Å². The van der Waals surface area contributed by atoms with Crippen molar-refractivity contribution in [1.82, 2.24) is 4.90 Å². The van der Waals surface area contributed by atoms with Crippen LogP contribution in [0.25, 0.3) is 0 Å². The fourth-order valence-electron chi connectivity index (χ4n) is 2.81.